The molecule has 13 heavy (non-hydrogen) atoms. The number of alkyl halides is 1. The molecule has 0 aliphatic carbocycles. The van der Waals surface area contributed by atoms with Gasteiger partial charge < -0.3 is 0 Å². The van der Waals surface area contributed by atoms with Crippen molar-refractivity contribution in [3.05, 3.63) is 34.7 Å². The molecule has 2 aromatic rings. The highest BCUT2D eigenvalue weighted by Crippen LogP contribution is 2.27. The van der Waals surface area contributed by atoms with E-state index in [0.29, 0.717) is 0 Å². The Morgan fingerprint density at radius 3 is 2.85 bits per heavy atom. The third-order valence-electron chi connectivity index (χ3n) is 2.14. The molecule has 0 saturated carbocycles. The van der Waals surface area contributed by atoms with Crippen LogP contribution in [-0.2, 0) is 11.8 Å². The van der Waals surface area contributed by atoms with E-state index < -0.39 is 0 Å². The van der Waals surface area contributed by atoms with Gasteiger partial charge in [0.15, 0.2) is 0 Å². The van der Waals surface area contributed by atoms with Crippen molar-refractivity contribution in [3.63, 3.8) is 0 Å². The van der Waals surface area contributed by atoms with Crippen LogP contribution in [0.2, 0.25) is 0 Å². The van der Waals surface area contributed by atoms with Gasteiger partial charge in [-0.1, -0.05) is 35.0 Å². The number of fused-ring (bicyclic) bond motifs is 1. The molecule has 0 radical (unpaired) electrons. The molecule has 0 amide bonds. The topological polar surface area (TPSA) is 0 Å². The molecule has 0 nitrogen and oxygen atoms in total. The summed E-state index contributed by atoms with van der Waals surface area (Å²) in [6, 6.07) is 8.96. The van der Waals surface area contributed by atoms with Gasteiger partial charge in [-0.25, -0.2) is 0 Å². The van der Waals surface area contributed by atoms with Crippen molar-refractivity contribution in [2.45, 2.75) is 18.7 Å². The van der Waals surface area contributed by atoms with Gasteiger partial charge in [0.05, 0.1) is 0 Å². The summed E-state index contributed by atoms with van der Waals surface area (Å²) in [5.41, 5.74) is 1.36. The lowest BCUT2D eigenvalue weighted by molar-refractivity contribution is 1.19. The van der Waals surface area contributed by atoms with Crippen LogP contribution >= 0.6 is 27.3 Å². The van der Waals surface area contributed by atoms with Crippen LogP contribution in [0.3, 0.4) is 0 Å². The number of hydrogen-bond donors (Lipinski definition) is 0. The van der Waals surface area contributed by atoms with Crippen molar-refractivity contribution >= 4 is 37.4 Å². The zero-order valence-electron chi connectivity index (χ0n) is 7.51. The van der Waals surface area contributed by atoms with E-state index in [1.54, 1.807) is 0 Å². The zero-order valence-corrected chi connectivity index (χ0v) is 9.91. The number of aryl methyl sites for hydroxylation is 1. The fourth-order valence-electron chi connectivity index (χ4n) is 1.39. The van der Waals surface area contributed by atoms with Gasteiger partial charge in [-0.05, 0) is 29.5 Å². The predicted molar refractivity (Wildman–Crippen MR) is 63.8 cm³/mol. The van der Waals surface area contributed by atoms with Crippen LogP contribution in [0.4, 0.5) is 0 Å². The molecule has 0 N–H and O–H groups in total. The van der Waals surface area contributed by atoms with E-state index in [2.05, 4.69) is 47.1 Å². The summed E-state index contributed by atoms with van der Waals surface area (Å²) in [5, 5.41) is 2.33. The maximum atomic E-state index is 3.47. The smallest absolute Gasteiger partial charge is 0.0348 e. The van der Waals surface area contributed by atoms with Gasteiger partial charge in [0.1, 0.15) is 0 Å². The average Bonchev–Trinajstić information content (AvgIpc) is 2.58. The van der Waals surface area contributed by atoms with Crippen molar-refractivity contribution in [1.29, 1.82) is 0 Å². The minimum atomic E-state index is 0.947. The Morgan fingerprint density at radius 2 is 2.15 bits per heavy atom. The van der Waals surface area contributed by atoms with Crippen LogP contribution < -0.4 is 0 Å². The van der Waals surface area contributed by atoms with Gasteiger partial charge in [-0.3, -0.25) is 0 Å². The Labute approximate surface area is 90.7 Å². The molecule has 0 atom stereocenters. The minimum Gasteiger partial charge on any atom is -0.140 e. The van der Waals surface area contributed by atoms with Crippen LogP contribution in [0.25, 0.3) is 10.1 Å². The summed E-state index contributed by atoms with van der Waals surface area (Å²) in [5.74, 6) is 0. The fourth-order valence-corrected chi connectivity index (χ4v) is 2.80. The molecular formula is C11H11BrS. The summed E-state index contributed by atoms with van der Waals surface area (Å²) in [7, 11) is 0. The number of hydrogen-bond acceptors (Lipinski definition) is 1. The van der Waals surface area contributed by atoms with Crippen LogP contribution in [0.1, 0.15) is 17.4 Å². The molecule has 0 unspecified atom stereocenters. The van der Waals surface area contributed by atoms with Crippen molar-refractivity contribution in [2.24, 2.45) is 0 Å². The van der Waals surface area contributed by atoms with Gasteiger partial charge >= 0.3 is 0 Å². The molecule has 0 saturated heterocycles. The maximum absolute atomic E-state index is 3.47. The summed E-state index contributed by atoms with van der Waals surface area (Å²) >= 11 is 5.38. The summed E-state index contributed by atoms with van der Waals surface area (Å²) in [4.78, 5) is 1.47. The van der Waals surface area contributed by atoms with Crippen LogP contribution in [0.5, 0.6) is 0 Å². The molecule has 0 spiro atoms. The van der Waals surface area contributed by atoms with Crippen LogP contribution in [0.15, 0.2) is 24.3 Å². The molecule has 0 aliphatic heterocycles. The SMILES string of the molecule is CCc1cc2ccc(CBr)cc2s1. The van der Waals surface area contributed by atoms with Crippen molar-refractivity contribution in [2.75, 3.05) is 0 Å². The minimum absolute atomic E-state index is 0.947. The Morgan fingerprint density at radius 1 is 1.31 bits per heavy atom. The normalized spacial score (nSPS) is 10.9. The van der Waals surface area contributed by atoms with Crippen molar-refractivity contribution < 1.29 is 0 Å². The Bertz CT molecular complexity index is 415. The molecule has 1 heterocycles. The monoisotopic (exact) mass is 254 g/mol. The number of halogens is 1. The molecule has 2 rings (SSSR count). The second-order valence-corrected chi connectivity index (χ2v) is 4.80. The lowest BCUT2D eigenvalue weighted by atomic mass is 10.2. The molecule has 68 valence electrons. The number of thiophene rings is 1. The van der Waals surface area contributed by atoms with E-state index in [-0.39, 0.29) is 0 Å². The van der Waals surface area contributed by atoms with E-state index in [1.165, 1.54) is 20.5 Å². The second-order valence-electron chi connectivity index (χ2n) is 3.07. The van der Waals surface area contributed by atoms with Crippen LogP contribution in [0, 0.1) is 0 Å². The van der Waals surface area contributed by atoms with Gasteiger partial charge in [-0.2, -0.15) is 0 Å². The number of benzene rings is 1. The fraction of sp³-hybridized carbons (Fsp3) is 0.273. The third kappa shape index (κ3) is 1.79. The molecule has 0 bridgehead atoms. The Kier molecular flexibility index (Phi) is 2.70. The van der Waals surface area contributed by atoms with Gasteiger partial charge in [0.25, 0.3) is 0 Å². The molecule has 2 heteroatoms. The average molecular weight is 255 g/mol. The van der Waals surface area contributed by atoms with E-state index in [4.69, 9.17) is 0 Å². The second kappa shape index (κ2) is 3.81. The molecule has 0 aliphatic rings. The Hall–Kier alpha value is -0.340. The first kappa shape index (κ1) is 9.22. The molecular weight excluding hydrogens is 244 g/mol. The van der Waals surface area contributed by atoms with Crippen molar-refractivity contribution in [1.82, 2.24) is 0 Å². The lowest BCUT2D eigenvalue weighted by Gasteiger charge is -1.93. The standard InChI is InChI=1S/C11H11BrS/c1-2-10-6-9-4-3-8(7-12)5-11(9)13-10/h3-6H,2,7H2,1H3. The third-order valence-corrected chi connectivity index (χ3v) is 4.03. The first-order valence-electron chi connectivity index (χ1n) is 4.41. The zero-order chi connectivity index (χ0) is 9.26. The van der Waals surface area contributed by atoms with E-state index >= 15 is 0 Å². The van der Waals surface area contributed by atoms with Gasteiger partial charge in [0, 0.05) is 14.9 Å². The summed E-state index contributed by atoms with van der Waals surface area (Å²) in [6.07, 6.45) is 1.14. The molecule has 0 fully saturated rings. The summed E-state index contributed by atoms with van der Waals surface area (Å²) in [6.45, 7) is 2.20. The van der Waals surface area contributed by atoms with E-state index in [1.807, 2.05) is 11.3 Å². The maximum Gasteiger partial charge on any atom is 0.0348 e. The highest BCUT2D eigenvalue weighted by Gasteiger charge is 2.00. The molecule has 1 aromatic heterocycles. The van der Waals surface area contributed by atoms with Crippen LogP contribution in [-0.4, -0.2) is 0 Å². The molecule has 1 aromatic carbocycles. The quantitative estimate of drug-likeness (QED) is 0.699. The van der Waals surface area contributed by atoms with Gasteiger partial charge in [0.2, 0.25) is 0 Å². The predicted octanol–water partition coefficient (Wildman–Crippen LogP) is 4.36. The Balaban J connectivity index is 2.57. The lowest BCUT2D eigenvalue weighted by Crippen LogP contribution is -1.73. The van der Waals surface area contributed by atoms with E-state index in [0.717, 1.165) is 11.8 Å². The number of rotatable bonds is 2. The summed E-state index contributed by atoms with van der Waals surface area (Å²) < 4.78 is 1.41. The largest absolute Gasteiger partial charge is 0.140 e. The van der Waals surface area contributed by atoms with E-state index in [9.17, 15) is 0 Å². The first-order chi connectivity index (χ1) is 6.33. The highest BCUT2D eigenvalue weighted by molar-refractivity contribution is 9.08. The highest BCUT2D eigenvalue weighted by atomic mass is 79.9. The first-order valence-corrected chi connectivity index (χ1v) is 6.34. The van der Waals surface area contributed by atoms with Crippen molar-refractivity contribution in [3.8, 4) is 0 Å². The van der Waals surface area contributed by atoms with Gasteiger partial charge in [-0.15, -0.1) is 11.3 Å².